The number of aromatic amines is 1. The van der Waals surface area contributed by atoms with E-state index in [-0.39, 0.29) is 10.7 Å². The van der Waals surface area contributed by atoms with Gasteiger partial charge in [-0.3, -0.25) is 9.82 Å². The molecule has 0 amide bonds. The molecule has 0 aliphatic heterocycles. The highest BCUT2D eigenvalue weighted by atomic mass is 32.2. The highest BCUT2D eigenvalue weighted by molar-refractivity contribution is 7.92. The van der Waals surface area contributed by atoms with E-state index < -0.39 is 10.0 Å². The van der Waals surface area contributed by atoms with E-state index in [2.05, 4.69) is 14.9 Å². The topological polar surface area (TPSA) is 101 Å². The Balaban J connectivity index is 2.08. The summed E-state index contributed by atoms with van der Waals surface area (Å²) >= 11 is 0. The predicted octanol–water partition coefficient (Wildman–Crippen LogP) is 1.95. The molecule has 0 spiro atoms. The summed E-state index contributed by atoms with van der Waals surface area (Å²) in [5.74, 6) is 0.0118. The summed E-state index contributed by atoms with van der Waals surface area (Å²) in [4.78, 5) is -0.0644. The molecule has 0 atom stereocenters. The van der Waals surface area contributed by atoms with Gasteiger partial charge in [-0.05, 0) is 11.5 Å². The van der Waals surface area contributed by atoms with Crippen LogP contribution in [0.15, 0.2) is 53.6 Å². The molecule has 0 aliphatic carbocycles. The Morgan fingerprint density at radius 2 is 1.85 bits per heavy atom. The van der Waals surface area contributed by atoms with Crippen molar-refractivity contribution >= 4 is 32.3 Å². The van der Waals surface area contributed by atoms with Crippen LogP contribution in [-0.2, 0) is 10.0 Å². The lowest BCUT2D eigenvalue weighted by atomic mass is 10.1. The van der Waals surface area contributed by atoms with Gasteiger partial charge >= 0.3 is 0 Å². The Labute approximate surface area is 115 Å². The lowest BCUT2D eigenvalue weighted by molar-refractivity contribution is 0.601. The molecule has 0 bridgehead atoms. The first kappa shape index (κ1) is 12.5. The van der Waals surface area contributed by atoms with Gasteiger partial charge in [0.05, 0.1) is 11.9 Å². The SMILES string of the molecule is Nc1[nH]ncc1S(=O)(=O)Nc1cccc2ccccc12. The van der Waals surface area contributed by atoms with Crippen LogP contribution >= 0.6 is 0 Å². The Hall–Kier alpha value is -2.54. The first-order valence-corrected chi connectivity index (χ1v) is 7.36. The molecular formula is C13H12N4O2S. The Morgan fingerprint density at radius 3 is 2.60 bits per heavy atom. The van der Waals surface area contributed by atoms with E-state index in [1.807, 2.05) is 30.3 Å². The van der Waals surface area contributed by atoms with Crippen LogP contribution in [-0.4, -0.2) is 18.6 Å². The fraction of sp³-hybridized carbons (Fsp3) is 0. The molecule has 1 heterocycles. The van der Waals surface area contributed by atoms with Gasteiger partial charge in [0.25, 0.3) is 10.0 Å². The first-order valence-electron chi connectivity index (χ1n) is 5.87. The van der Waals surface area contributed by atoms with Crippen LogP contribution < -0.4 is 10.5 Å². The fourth-order valence-corrected chi connectivity index (χ4v) is 3.12. The second kappa shape index (κ2) is 4.53. The number of hydrogen-bond donors (Lipinski definition) is 3. The molecule has 20 heavy (non-hydrogen) atoms. The van der Waals surface area contributed by atoms with Gasteiger partial charge in [0.2, 0.25) is 0 Å². The zero-order chi connectivity index (χ0) is 14.2. The van der Waals surface area contributed by atoms with E-state index in [4.69, 9.17) is 5.73 Å². The van der Waals surface area contributed by atoms with E-state index in [0.29, 0.717) is 5.69 Å². The summed E-state index contributed by atoms with van der Waals surface area (Å²) in [6, 6.07) is 12.9. The molecule has 102 valence electrons. The van der Waals surface area contributed by atoms with Gasteiger partial charge in [0.1, 0.15) is 10.7 Å². The summed E-state index contributed by atoms with van der Waals surface area (Å²) in [6.07, 6.45) is 1.18. The maximum Gasteiger partial charge on any atom is 0.267 e. The summed E-state index contributed by atoms with van der Waals surface area (Å²) in [5.41, 5.74) is 6.06. The van der Waals surface area contributed by atoms with E-state index in [0.717, 1.165) is 10.8 Å². The van der Waals surface area contributed by atoms with Crippen molar-refractivity contribution in [3.05, 3.63) is 48.7 Å². The standard InChI is InChI=1S/C13H12N4O2S/c14-13-12(8-15-16-13)20(18,19)17-11-7-3-5-9-4-1-2-6-10(9)11/h1-8,17H,(H3,14,15,16). The number of benzene rings is 2. The highest BCUT2D eigenvalue weighted by Crippen LogP contribution is 2.26. The molecule has 0 aliphatic rings. The molecule has 0 unspecified atom stereocenters. The van der Waals surface area contributed by atoms with Crippen LogP contribution in [0.25, 0.3) is 10.8 Å². The van der Waals surface area contributed by atoms with Gasteiger partial charge < -0.3 is 5.73 Å². The molecule has 3 aromatic rings. The fourth-order valence-electron chi connectivity index (χ4n) is 2.01. The van der Waals surface area contributed by atoms with Crippen molar-refractivity contribution in [2.24, 2.45) is 0 Å². The normalized spacial score (nSPS) is 11.6. The van der Waals surface area contributed by atoms with Gasteiger partial charge in [-0.25, -0.2) is 8.42 Å². The molecule has 4 N–H and O–H groups in total. The largest absolute Gasteiger partial charge is 0.383 e. The molecule has 6 nitrogen and oxygen atoms in total. The number of hydrogen-bond acceptors (Lipinski definition) is 4. The van der Waals surface area contributed by atoms with Crippen molar-refractivity contribution in [2.75, 3.05) is 10.5 Å². The van der Waals surface area contributed by atoms with Crippen LogP contribution in [0, 0.1) is 0 Å². The number of aromatic nitrogens is 2. The van der Waals surface area contributed by atoms with Crippen LogP contribution in [0.1, 0.15) is 0 Å². The number of H-pyrrole nitrogens is 1. The van der Waals surface area contributed by atoms with Crippen LogP contribution in [0.5, 0.6) is 0 Å². The summed E-state index contributed by atoms with van der Waals surface area (Å²) < 4.78 is 27.1. The summed E-state index contributed by atoms with van der Waals surface area (Å²) in [5, 5.41) is 7.80. The molecule has 0 saturated heterocycles. The maximum atomic E-state index is 12.3. The Bertz CT molecular complexity index is 865. The van der Waals surface area contributed by atoms with Crippen LogP contribution in [0.3, 0.4) is 0 Å². The minimum absolute atomic E-state index is 0.0118. The van der Waals surface area contributed by atoms with Crippen molar-refractivity contribution in [3.63, 3.8) is 0 Å². The number of nitrogen functional groups attached to an aromatic ring is 1. The average Bonchev–Trinajstić information content (AvgIpc) is 2.86. The van der Waals surface area contributed by atoms with Gasteiger partial charge in [0, 0.05) is 5.39 Å². The minimum Gasteiger partial charge on any atom is -0.383 e. The smallest absolute Gasteiger partial charge is 0.267 e. The molecule has 0 radical (unpaired) electrons. The van der Waals surface area contributed by atoms with E-state index in [1.54, 1.807) is 12.1 Å². The summed E-state index contributed by atoms with van der Waals surface area (Å²) in [7, 11) is -3.76. The van der Waals surface area contributed by atoms with E-state index in [1.165, 1.54) is 6.20 Å². The Kier molecular flexibility index (Phi) is 2.83. The predicted molar refractivity (Wildman–Crippen MR) is 77.8 cm³/mol. The lowest BCUT2D eigenvalue weighted by Crippen LogP contribution is -2.14. The number of nitrogens with two attached hydrogens (primary N) is 1. The highest BCUT2D eigenvalue weighted by Gasteiger charge is 2.20. The van der Waals surface area contributed by atoms with Crippen molar-refractivity contribution in [1.82, 2.24) is 10.2 Å². The minimum atomic E-state index is -3.76. The molecule has 1 aromatic heterocycles. The summed E-state index contributed by atoms with van der Waals surface area (Å²) in [6.45, 7) is 0. The third kappa shape index (κ3) is 2.08. The van der Waals surface area contributed by atoms with Crippen molar-refractivity contribution in [3.8, 4) is 0 Å². The molecule has 3 rings (SSSR count). The first-order chi connectivity index (χ1) is 9.58. The number of fused-ring (bicyclic) bond motifs is 1. The monoisotopic (exact) mass is 288 g/mol. The quantitative estimate of drug-likeness (QED) is 0.685. The van der Waals surface area contributed by atoms with E-state index in [9.17, 15) is 8.42 Å². The third-order valence-electron chi connectivity index (χ3n) is 2.96. The second-order valence-electron chi connectivity index (χ2n) is 4.28. The average molecular weight is 288 g/mol. The number of rotatable bonds is 3. The number of sulfonamides is 1. The van der Waals surface area contributed by atoms with Crippen molar-refractivity contribution < 1.29 is 8.42 Å². The molecule has 0 saturated carbocycles. The van der Waals surface area contributed by atoms with Crippen molar-refractivity contribution in [1.29, 1.82) is 0 Å². The molecular weight excluding hydrogens is 276 g/mol. The second-order valence-corrected chi connectivity index (χ2v) is 5.93. The zero-order valence-corrected chi connectivity index (χ0v) is 11.2. The van der Waals surface area contributed by atoms with E-state index >= 15 is 0 Å². The number of nitrogens with zero attached hydrogens (tertiary/aromatic N) is 1. The van der Waals surface area contributed by atoms with Crippen LogP contribution in [0.2, 0.25) is 0 Å². The van der Waals surface area contributed by atoms with Crippen LogP contribution in [0.4, 0.5) is 11.5 Å². The van der Waals surface area contributed by atoms with Gasteiger partial charge in [-0.1, -0.05) is 36.4 Å². The number of nitrogens with one attached hydrogen (secondary N) is 2. The van der Waals surface area contributed by atoms with Crippen molar-refractivity contribution in [2.45, 2.75) is 4.90 Å². The molecule has 0 fully saturated rings. The third-order valence-corrected chi connectivity index (χ3v) is 4.35. The number of anilines is 2. The zero-order valence-electron chi connectivity index (χ0n) is 10.4. The maximum absolute atomic E-state index is 12.3. The Morgan fingerprint density at radius 1 is 1.10 bits per heavy atom. The molecule has 2 aromatic carbocycles. The van der Waals surface area contributed by atoms with Gasteiger partial charge in [-0.2, -0.15) is 5.10 Å². The van der Waals surface area contributed by atoms with Gasteiger partial charge in [-0.15, -0.1) is 0 Å². The van der Waals surface area contributed by atoms with Gasteiger partial charge in [0.15, 0.2) is 0 Å². The lowest BCUT2D eigenvalue weighted by Gasteiger charge is -2.09. The molecule has 7 heteroatoms.